The Morgan fingerprint density at radius 1 is 1.25 bits per heavy atom. The van der Waals surface area contributed by atoms with Crippen LogP contribution in [0.2, 0.25) is 0 Å². The average Bonchev–Trinajstić information content (AvgIpc) is 2.51. The van der Waals surface area contributed by atoms with Gasteiger partial charge >= 0.3 is 5.97 Å². The van der Waals surface area contributed by atoms with Crippen molar-refractivity contribution >= 4 is 28.4 Å². The molecule has 0 atom stereocenters. The minimum atomic E-state index is -0.557. The smallest absolute Gasteiger partial charge is 0.342 e. The van der Waals surface area contributed by atoms with Gasteiger partial charge in [0.05, 0.1) is 0 Å². The zero-order chi connectivity index (χ0) is 14.8. The standard InChI is InChI=1S/C15H19NO3S/c1-15(2,3)19-14(18)12-10-7-5-4-6-8-11(10)20-13(12)16-9-17/h4-8H2,1-3H3. The van der Waals surface area contributed by atoms with Crippen LogP contribution in [-0.4, -0.2) is 17.7 Å². The molecule has 4 nitrogen and oxygen atoms in total. The maximum Gasteiger partial charge on any atom is 0.342 e. The van der Waals surface area contributed by atoms with Crippen LogP contribution in [0.3, 0.4) is 0 Å². The summed E-state index contributed by atoms with van der Waals surface area (Å²) in [5.74, 6) is -0.383. The lowest BCUT2D eigenvalue weighted by molar-refractivity contribution is 0.00699. The normalized spacial score (nSPS) is 14.9. The van der Waals surface area contributed by atoms with E-state index in [4.69, 9.17) is 4.74 Å². The maximum atomic E-state index is 12.4. The monoisotopic (exact) mass is 293 g/mol. The van der Waals surface area contributed by atoms with Crippen LogP contribution in [0.5, 0.6) is 0 Å². The number of hydrogen-bond acceptors (Lipinski definition) is 5. The minimum Gasteiger partial charge on any atom is -0.456 e. The first kappa shape index (κ1) is 14.9. The molecule has 1 aliphatic carbocycles. The van der Waals surface area contributed by atoms with Crippen molar-refractivity contribution in [2.24, 2.45) is 4.99 Å². The molecule has 2 rings (SSSR count). The number of esters is 1. The summed E-state index contributed by atoms with van der Waals surface area (Å²) in [6, 6.07) is 0. The zero-order valence-corrected chi connectivity index (χ0v) is 12.9. The number of nitrogens with zero attached hydrogens (tertiary/aromatic N) is 1. The number of carbonyl (C=O) groups excluding carboxylic acids is 2. The van der Waals surface area contributed by atoms with Crippen molar-refractivity contribution in [2.45, 2.75) is 58.5 Å². The summed E-state index contributed by atoms with van der Waals surface area (Å²) in [5, 5.41) is 0.446. The van der Waals surface area contributed by atoms with Gasteiger partial charge in [-0.05, 0) is 52.0 Å². The van der Waals surface area contributed by atoms with Gasteiger partial charge in [0.1, 0.15) is 16.2 Å². The second-order valence-electron chi connectivity index (χ2n) is 5.95. The quantitative estimate of drug-likeness (QED) is 0.359. The van der Waals surface area contributed by atoms with E-state index < -0.39 is 5.60 Å². The van der Waals surface area contributed by atoms with Crippen molar-refractivity contribution in [3.63, 3.8) is 0 Å². The molecule has 0 fully saturated rings. The number of isocyanates is 1. The van der Waals surface area contributed by atoms with Crippen molar-refractivity contribution < 1.29 is 14.3 Å². The predicted molar refractivity (Wildman–Crippen MR) is 78.5 cm³/mol. The van der Waals surface area contributed by atoms with Gasteiger partial charge in [0.15, 0.2) is 0 Å². The number of aliphatic imine (C=N–C) groups is 1. The van der Waals surface area contributed by atoms with Gasteiger partial charge in [-0.25, -0.2) is 9.59 Å². The van der Waals surface area contributed by atoms with E-state index >= 15 is 0 Å². The molecule has 108 valence electrons. The lowest BCUT2D eigenvalue weighted by atomic mass is 10.1. The predicted octanol–water partition coefficient (Wildman–Crippen LogP) is 3.94. The Bertz CT molecular complexity index is 562. The molecule has 0 radical (unpaired) electrons. The Morgan fingerprint density at radius 2 is 1.95 bits per heavy atom. The topological polar surface area (TPSA) is 55.7 Å². The van der Waals surface area contributed by atoms with Gasteiger partial charge in [0.2, 0.25) is 6.08 Å². The zero-order valence-electron chi connectivity index (χ0n) is 12.1. The Morgan fingerprint density at radius 3 is 2.60 bits per heavy atom. The molecule has 1 aromatic rings. The molecule has 0 amide bonds. The van der Waals surface area contributed by atoms with Crippen molar-refractivity contribution in [3.8, 4) is 0 Å². The molecular weight excluding hydrogens is 274 g/mol. The Hall–Kier alpha value is -1.45. The van der Waals surface area contributed by atoms with Crippen LogP contribution in [0.1, 0.15) is 60.8 Å². The molecule has 5 heteroatoms. The maximum absolute atomic E-state index is 12.4. The van der Waals surface area contributed by atoms with Gasteiger partial charge in [0, 0.05) is 4.88 Å². The van der Waals surface area contributed by atoms with Crippen LogP contribution in [0.15, 0.2) is 4.99 Å². The molecule has 0 bridgehead atoms. The van der Waals surface area contributed by atoms with Gasteiger partial charge in [-0.2, -0.15) is 4.99 Å². The molecule has 20 heavy (non-hydrogen) atoms. The largest absolute Gasteiger partial charge is 0.456 e. The van der Waals surface area contributed by atoms with Gasteiger partial charge in [-0.1, -0.05) is 6.42 Å². The van der Waals surface area contributed by atoms with E-state index in [1.807, 2.05) is 20.8 Å². The highest BCUT2D eigenvalue weighted by Crippen LogP contribution is 2.39. The van der Waals surface area contributed by atoms with Crippen molar-refractivity contribution in [2.75, 3.05) is 0 Å². The number of carbonyl (C=O) groups is 1. The summed E-state index contributed by atoms with van der Waals surface area (Å²) in [4.78, 5) is 27.8. The fourth-order valence-corrected chi connectivity index (χ4v) is 3.59. The van der Waals surface area contributed by atoms with E-state index in [1.54, 1.807) is 6.08 Å². The Labute approximate surface area is 122 Å². The SMILES string of the molecule is CC(C)(C)OC(=O)c1c(N=C=O)sc2c1CCCCC2. The average molecular weight is 293 g/mol. The molecule has 0 spiro atoms. The van der Waals surface area contributed by atoms with Gasteiger partial charge in [-0.3, -0.25) is 0 Å². The number of fused-ring (bicyclic) bond motifs is 1. The molecular formula is C15H19NO3S. The molecule has 1 aromatic heterocycles. The highest BCUT2D eigenvalue weighted by molar-refractivity contribution is 7.16. The number of hydrogen-bond donors (Lipinski definition) is 0. The minimum absolute atomic E-state index is 0.383. The Balaban J connectivity index is 2.45. The highest BCUT2D eigenvalue weighted by atomic mass is 32.1. The van der Waals surface area contributed by atoms with Crippen LogP contribution >= 0.6 is 11.3 Å². The van der Waals surface area contributed by atoms with E-state index in [0.717, 1.165) is 36.1 Å². The molecule has 0 N–H and O–H groups in total. The first-order valence-corrected chi connectivity index (χ1v) is 7.70. The number of rotatable bonds is 2. The van der Waals surface area contributed by atoms with Gasteiger partial charge in [-0.15, -0.1) is 11.3 Å². The van der Waals surface area contributed by atoms with E-state index in [0.29, 0.717) is 10.6 Å². The lowest BCUT2D eigenvalue weighted by Gasteiger charge is -2.19. The first-order valence-electron chi connectivity index (χ1n) is 6.88. The fraction of sp³-hybridized carbons (Fsp3) is 0.600. The van der Waals surface area contributed by atoms with E-state index in [1.165, 1.54) is 17.8 Å². The van der Waals surface area contributed by atoms with Crippen LogP contribution in [0.25, 0.3) is 0 Å². The number of ether oxygens (including phenoxy) is 1. The van der Waals surface area contributed by atoms with Crippen LogP contribution in [-0.2, 0) is 22.4 Å². The summed E-state index contributed by atoms with van der Waals surface area (Å²) in [6.45, 7) is 5.50. The molecule has 1 heterocycles. The third-order valence-electron chi connectivity index (χ3n) is 3.15. The highest BCUT2D eigenvalue weighted by Gasteiger charge is 2.28. The van der Waals surface area contributed by atoms with Crippen LogP contribution in [0, 0.1) is 0 Å². The molecule has 0 aromatic carbocycles. The van der Waals surface area contributed by atoms with Crippen molar-refractivity contribution in [1.82, 2.24) is 0 Å². The fourth-order valence-electron chi connectivity index (χ4n) is 2.39. The summed E-state index contributed by atoms with van der Waals surface area (Å²) < 4.78 is 5.45. The second kappa shape index (κ2) is 5.90. The van der Waals surface area contributed by atoms with E-state index in [-0.39, 0.29) is 5.97 Å². The molecule has 1 aliphatic rings. The second-order valence-corrected chi connectivity index (χ2v) is 7.03. The molecule has 0 saturated heterocycles. The van der Waals surface area contributed by atoms with Gasteiger partial charge in [0.25, 0.3) is 0 Å². The molecule has 0 aliphatic heterocycles. The van der Waals surface area contributed by atoms with Gasteiger partial charge < -0.3 is 4.74 Å². The van der Waals surface area contributed by atoms with Crippen molar-refractivity contribution in [3.05, 3.63) is 16.0 Å². The van der Waals surface area contributed by atoms with Crippen molar-refractivity contribution in [1.29, 1.82) is 0 Å². The van der Waals surface area contributed by atoms with E-state index in [2.05, 4.69) is 4.99 Å². The summed E-state index contributed by atoms with van der Waals surface area (Å²) in [7, 11) is 0. The lowest BCUT2D eigenvalue weighted by Crippen LogP contribution is -2.24. The summed E-state index contributed by atoms with van der Waals surface area (Å²) in [6.07, 6.45) is 6.69. The number of thiophene rings is 1. The third kappa shape index (κ3) is 3.35. The van der Waals surface area contributed by atoms with E-state index in [9.17, 15) is 9.59 Å². The summed E-state index contributed by atoms with van der Waals surface area (Å²) >= 11 is 1.42. The third-order valence-corrected chi connectivity index (χ3v) is 4.34. The van der Waals surface area contributed by atoms with Crippen LogP contribution in [0.4, 0.5) is 5.00 Å². The number of aryl methyl sites for hydroxylation is 1. The molecule has 0 unspecified atom stereocenters. The molecule has 0 saturated carbocycles. The van der Waals surface area contributed by atoms with Crippen LogP contribution < -0.4 is 0 Å². The first-order chi connectivity index (χ1) is 9.42. The Kier molecular flexibility index (Phi) is 4.41. The summed E-state index contributed by atoms with van der Waals surface area (Å²) in [5.41, 5.74) is 0.944.